The molecule has 0 radical (unpaired) electrons. The van der Waals surface area contributed by atoms with Crippen molar-refractivity contribution in [3.05, 3.63) is 22.2 Å². The molecule has 1 aromatic carbocycles. The maximum atomic E-state index is 12.5. The van der Waals surface area contributed by atoms with Crippen LogP contribution < -0.4 is 15.0 Å². The van der Waals surface area contributed by atoms with Crippen LogP contribution in [0.2, 0.25) is 0 Å². The molecule has 1 amide bonds. The number of halogens is 1. The smallest absolute Gasteiger partial charge is 0.341 e. The minimum absolute atomic E-state index is 0.128. The number of esters is 1. The second-order valence-corrected chi connectivity index (χ2v) is 8.46. The molecule has 1 aromatic heterocycles. The Bertz CT molecular complexity index is 866. The molecular weight excluding hydrogens is 460 g/mol. The molecule has 0 saturated carbocycles. The average Bonchev–Trinajstić information content (AvgIpc) is 3.02. The highest BCUT2D eigenvalue weighted by Gasteiger charge is 2.24. The van der Waals surface area contributed by atoms with E-state index >= 15 is 0 Å². The SMILES string of the molecule is CCOC(=O)c1c(NC(C)=O)sc2c(OC[C@@H](O)C[NH+](CC)CC)c(Br)ccc12. The summed E-state index contributed by atoms with van der Waals surface area (Å²) in [5, 5.41) is 14.1. The molecule has 0 aliphatic heterocycles. The molecule has 1 atom stereocenters. The number of benzene rings is 1. The van der Waals surface area contributed by atoms with Gasteiger partial charge in [-0.25, -0.2) is 4.79 Å². The van der Waals surface area contributed by atoms with Crippen LogP contribution in [-0.4, -0.2) is 55.9 Å². The van der Waals surface area contributed by atoms with Crippen molar-refractivity contribution in [3.63, 3.8) is 0 Å². The maximum absolute atomic E-state index is 12.5. The summed E-state index contributed by atoms with van der Waals surface area (Å²) in [5.74, 6) is -0.245. The first-order valence-electron chi connectivity index (χ1n) is 9.66. The van der Waals surface area contributed by atoms with Gasteiger partial charge in [0.1, 0.15) is 29.8 Å². The highest BCUT2D eigenvalue weighted by molar-refractivity contribution is 9.10. The number of anilines is 1. The van der Waals surface area contributed by atoms with Gasteiger partial charge in [-0.1, -0.05) is 6.07 Å². The Labute approximate surface area is 183 Å². The van der Waals surface area contributed by atoms with E-state index in [0.29, 0.717) is 37.4 Å². The molecule has 2 rings (SSSR count). The van der Waals surface area contributed by atoms with Gasteiger partial charge in [0.2, 0.25) is 5.91 Å². The standard InChI is InChI=1S/C20H27BrN2O5S/c1-5-23(6-2)10-13(25)11-28-17-15(21)9-8-14-16(20(26)27-7-3)19(22-12(4)24)29-18(14)17/h8-9,13,25H,5-7,10-11H2,1-4H3,(H,22,24)/p+1/t13-/m0/s1. The number of carbonyl (C=O) groups is 2. The first-order chi connectivity index (χ1) is 13.8. The Kier molecular flexibility index (Phi) is 8.88. The largest absolute Gasteiger partial charge is 0.488 e. The number of carbonyl (C=O) groups excluding carboxylic acids is 2. The molecule has 0 saturated heterocycles. The van der Waals surface area contributed by atoms with Crippen molar-refractivity contribution in [2.24, 2.45) is 0 Å². The third-order valence-electron chi connectivity index (χ3n) is 4.48. The molecule has 2 aromatic rings. The van der Waals surface area contributed by atoms with Gasteiger partial charge in [0.05, 0.1) is 28.9 Å². The minimum Gasteiger partial charge on any atom is -0.488 e. The fourth-order valence-electron chi connectivity index (χ4n) is 3.01. The Morgan fingerprint density at radius 1 is 1.28 bits per heavy atom. The van der Waals surface area contributed by atoms with E-state index < -0.39 is 12.1 Å². The van der Waals surface area contributed by atoms with Crippen molar-refractivity contribution in [1.82, 2.24) is 0 Å². The minimum atomic E-state index is -0.619. The van der Waals surface area contributed by atoms with E-state index in [9.17, 15) is 14.7 Å². The van der Waals surface area contributed by atoms with Crippen molar-refractivity contribution in [1.29, 1.82) is 0 Å². The van der Waals surface area contributed by atoms with Crippen LogP contribution in [0.3, 0.4) is 0 Å². The molecule has 29 heavy (non-hydrogen) atoms. The van der Waals surface area contributed by atoms with Gasteiger partial charge in [-0.3, -0.25) is 4.79 Å². The van der Waals surface area contributed by atoms with E-state index in [2.05, 4.69) is 35.1 Å². The molecule has 0 bridgehead atoms. The van der Waals surface area contributed by atoms with Gasteiger partial charge in [0.25, 0.3) is 0 Å². The summed E-state index contributed by atoms with van der Waals surface area (Å²) in [7, 11) is 0. The molecule has 0 unspecified atom stereocenters. The first kappa shape index (κ1) is 23.6. The number of aliphatic hydroxyl groups is 1. The number of amides is 1. The number of thiophene rings is 1. The van der Waals surface area contributed by atoms with Crippen LogP contribution in [0.5, 0.6) is 5.75 Å². The molecule has 0 fully saturated rings. The normalized spacial score (nSPS) is 12.2. The van der Waals surface area contributed by atoms with Gasteiger partial charge in [0, 0.05) is 12.3 Å². The van der Waals surface area contributed by atoms with Crippen molar-refractivity contribution in [3.8, 4) is 5.75 Å². The monoisotopic (exact) mass is 487 g/mol. The fourth-order valence-corrected chi connectivity index (χ4v) is 4.82. The Morgan fingerprint density at radius 2 is 1.97 bits per heavy atom. The molecule has 0 aliphatic carbocycles. The highest BCUT2D eigenvalue weighted by Crippen LogP contribution is 2.44. The van der Waals surface area contributed by atoms with Gasteiger partial charge in [-0.2, -0.15) is 0 Å². The molecule has 3 N–H and O–H groups in total. The molecule has 7 nitrogen and oxygen atoms in total. The van der Waals surface area contributed by atoms with Crippen molar-refractivity contribution >= 4 is 54.2 Å². The summed E-state index contributed by atoms with van der Waals surface area (Å²) < 4.78 is 12.5. The lowest BCUT2D eigenvalue weighted by Gasteiger charge is -2.20. The molecule has 0 spiro atoms. The second-order valence-electron chi connectivity index (χ2n) is 6.59. The number of fused-ring (bicyclic) bond motifs is 1. The predicted octanol–water partition coefficient (Wildman–Crippen LogP) is 2.46. The number of hydrogen-bond acceptors (Lipinski definition) is 6. The number of likely N-dealkylation sites (N-methyl/N-ethyl adjacent to an activating group) is 1. The second kappa shape index (κ2) is 10.9. The highest BCUT2D eigenvalue weighted by atomic mass is 79.9. The summed E-state index contributed by atoms with van der Waals surface area (Å²) in [6.07, 6.45) is -0.619. The Morgan fingerprint density at radius 3 is 2.55 bits per heavy atom. The average molecular weight is 488 g/mol. The maximum Gasteiger partial charge on any atom is 0.341 e. The van der Waals surface area contributed by atoms with Crippen LogP contribution in [0.1, 0.15) is 38.1 Å². The number of rotatable bonds is 10. The number of quaternary nitrogens is 1. The van der Waals surface area contributed by atoms with E-state index in [0.717, 1.165) is 13.1 Å². The van der Waals surface area contributed by atoms with Gasteiger partial charge in [-0.15, -0.1) is 11.3 Å². The first-order valence-corrected chi connectivity index (χ1v) is 11.3. The molecule has 9 heteroatoms. The quantitative estimate of drug-likeness (QED) is 0.448. The Balaban J connectivity index is 2.39. The third-order valence-corrected chi connectivity index (χ3v) is 6.22. The lowest BCUT2D eigenvalue weighted by molar-refractivity contribution is -0.899. The van der Waals surface area contributed by atoms with Gasteiger partial charge >= 0.3 is 5.97 Å². The van der Waals surface area contributed by atoms with Crippen molar-refractivity contribution < 1.29 is 29.1 Å². The number of ether oxygens (including phenoxy) is 2. The zero-order chi connectivity index (χ0) is 21.6. The number of hydrogen-bond donors (Lipinski definition) is 3. The number of aliphatic hydroxyl groups excluding tert-OH is 1. The summed E-state index contributed by atoms with van der Waals surface area (Å²) in [4.78, 5) is 25.4. The fraction of sp³-hybridized carbons (Fsp3) is 0.500. The number of nitrogens with one attached hydrogen (secondary N) is 2. The summed E-state index contributed by atoms with van der Waals surface area (Å²) in [6, 6.07) is 3.57. The zero-order valence-corrected chi connectivity index (χ0v) is 19.5. The van der Waals surface area contributed by atoms with E-state index in [-0.39, 0.29) is 19.1 Å². The van der Waals surface area contributed by atoms with Crippen LogP contribution in [0, 0.1) is 0 Å². The predicted molar refractivity (Wildman–Crippen MR) is 118 cm³/mol. The van der Waals surface area contributed by atoms with E-state index in [1.165, 1.54) is 23.2 Å². The van der Waals surface area contributed by atoms with Gasteiger partial charge < -0.3 is 24.8 Å². The van der Waals surface area contributed by atoms with Crippen molar-refractivity contribution in [2.75, 3.05) is 38.2 Å². The van der Waals surface area contributed by atoms with Crippen LogP contribution in [0.25, 0.3) is 10.1 Å². The van der Waals surface area contributed by atoms with Crippen LogP contribution >= 0.6 is 27.3 Å². The van der Waals surface area contributed by atoms with Crippen LogP contribution in [0.4, 0.5) is 5.00 Å². The summed E-state index contributed by atoms with van der Waals surface area (Å²) >= 11 is 4.74. The van der Waals surface area contributed by atoms with E-state index in [1.54, 1.807) is 19.1 Å². The molecule has 160 valence electrons. The van der Waals surface area contributed by atoms with Gasteiger partial charge in [-0.05, 0) is 42.8 Å². The third kappa shape index (κ3) is 5.91. The van der Waals surface area contributed by atoms with Gasteiger partial charge in [0.15, 0.2) is 5.75 Å². The molecular formula is C20H28BrN2O5S+. The lowest BCUT2D eigenvalue weighted by atomic mass is 10.1. The van der Waals surface area contributed by atoms with Crippen LogP contribution in [-0.2, 0) is 9.53 Å². The van der Waals surface area contributed by atoms with Crippen LogP contribution in [0.15, 0.2) is 16.6 Å². The summed E-state index contributed by atoms with van der Waals surface area (Å²) in [5.41, 5.74) is 0.313. The van der Waals surface area contributed by atoms with E-state index in [4.69, 9.17) is 9.47 Å². The molecule has 0 aliphatic rings. The van der Waals surface area contributed by atoms with Crippen molar-refractivity contribution in [2.45, 2.75) is 33.8 Å². The lowest BCUT2D eigenvalue weighted by Crippen LogP contribution is -3.12. The Hall–Kier alpha value is -1.68. The van der Waals surface area contributed by atoms with E-state index in [1.807, 2.05) is 0 Å². The topological polar surface area (TPSA) is 89.3 Å². The summed E-state index contributed by atoms with van der Waals surface area (Å²) in [6.45, 7) is 10.1. The zero-order valence-electron chi connectivity index (χ0n) is 17.1. The molecule has 1 heterocycles.